The van der Waals surface area contributed by atoms with Crippen molar-refractivity contribution in [1.29, 1.82) is 0 Å². The number of halogens is 4. The molecule has 3 aromatic rings. The third-order valence-corrected chi connectivity index (χ3v) is 7.82. The maximum Gasteiger partial charge on any atom is 0.407 e. The Morgan fingerprint density at radius 3 is 2.31 bits per heavy atom. The zero-order chi connectivity index (χ0) is 35.4. The number of hydrogen-bond acceptors (Lipinski definition) is 8. The summed E-state index contributed by atoms with van der Waals surface area (Å²) in [5, 5.41) is 10.2. The number of anilines is 1. The normalized spacial score (nSPS) is 17.3. The van der Waals surface area contributed by atoms with E-state index in [-0.39, 0.29) is 37.0 Å². The lowest BCUT2D eigenvalue weighted by Gasteiger charge is -2.30. The van der Waals surface area contributed by atoms with Crippen molar-refractivity contribution in [3.8, 4) is 5.75 Å². The zero-order valence-corrected chi connectivity index (χ0v) is 26.8. The van der Waals surface area contributed by atoms with E-state index in [9.17, 15) is 27.6 Å². The highest BCUT2D eigenvalue weighted by atomic mass is 19.4. The fourth-order valence-corrected chi connectivity index (χ4v) is 5.34. The average Bonchev–Trinajstić information content (AvgIpc) is 3.10. The Hall–Kier alpha value is -4.89. The van der Waals surface area contributed by atoms with Crippen LogP contribution >= 0.6 is 0 Å². The molecule has 0 aromatic heterocycles. The van der Waals surface area contributed by atoms with Crippen LogP contribution < -0.4 is 26.0 Å². The minimum atomic E-state index is -4.55. The first kappa shape index (κ1) is 36.9. The van der Waals surface area contributed by atoms with E-state index >= 15 is 4.39 Å². The molecule has 0 spiro atoms. The monoisotopic (exact) mass is 690 g/mol. The molecule has 15 heteroatoms. The molecule has 1 heterocycles. The lowest BCUT2D eigenvalue weighted by Crippen LogP contribution is -2.49. The van der Waals surface area contributed by atoms with Gasteiger partial charge in [0, 0.05) is 23.7 Å². The van der Waals surface area contributed by atoms with Crippen LogP contribution in [-0.4, -0.2) is 83.0 Å². The van der Waals surface area contributed by atoms with Crippen LogP contribution in [0.3, 0.4) is 0 Å². The number of morpholine rings is 1. The van der Waals surface area contributed by atoms with E-state index in [1.54, 1.807) is 35.6 Å². The van der Waals surface area contributed by atoms with Gasteiger partial charge < -0.3 is 40.2 Å². The second kappa shape index (κ2) is 17.5. The Morgan fingerprint density at radius 2 is 1.67 bits per heavy atom. The average molecular weight is 691 g/mol. The molecule has 4 rings (SSSR count). The molecule has 0 aliphatic carbocycles. The first-order valence-electron chi connectivity index (χ1n) is 15.4. The number of nitrogens with one attached hydrogen (secondary N) is 4. The standard InChI is InChI=1S/C34H38F4N4O7/c1-46-24-13-11-22(12-14-24)29(21-7-4-3-5-8-21)30(42-33(45)47-2)31(43)41-28-10-6-9-27(35)26(28)16-15-25-17-39-23(18-48-25)19-49-32(44)40-20-34(36,37)38/h3-14,23,25,29-30,39H,15-20H2,1-2H3,(H,40,44)(H,41,43)(H,42,45)/t23-,25+,29+,30?/m0/s1. The summed E-state index contributed by atoms with van der Waals surface area (Å²) < 4.78 is 72.8. The molecule has 3 amide bonds. The highest BCUT2D eigenvalue weighted by Crippen LogP contribution is 2.31. The number of carbonyl (C=O) groups excluding carboxylic acids is 3. The summed E-state index contributed by atoms with van der Waals surface area (Å²) in [7, 11) is 2.72. The molecule has 0 radical (unpaired) electrons. The molecular formula is C34H38F4N4O7. The summed E-state index contributed by atoms with van der Waals surface area (Å²) in [6.45, 7) is -1.30. The second-order valence-electron chi connectivity index (χ2n) is 11.2. The zero-order valence-electron chi connectivity index (χ0n) is 26.8. The fraction of sp³-hybridized carbons (Fsp3) is 0.382. The molecule has 0 saturated carbocycles. The van der Waals surface area contributed by atoms with Gasteiger partial charge in [-0.2, -0.15) is 13.2 Å². The molecule has 49 heavy (non-hydrogen) atoms. The Morgan fingerprint density at radius 1 is 0.959 bits per heavy atom. The van der Waals surface area contributed by atoms with Crippen LogP contribution in [0.1, 0.15) is 29.0 Å². The van der Waals surface area contributed by atoms with Crippen molar-refractivity contribution in [1.82, 2.24) is 16.0 Å². The number of rotatable bonds is 13. The van der Waals surface area contributed by atoms with Crippen molar-refractivity contribution in [2.75, 3.05) is 45.8 Å². The largest absolute Gasteiger partial charge is 0.497 e. The number of methoxy groups -OCH3 is 2. The topological polar surface area (TPSA) is 136 Å². The van der Waals surface area contributed by atoms with Crippen LogP contribution in [0.4, 0.5) is 32.8 Å². The lowest BCUT2D eigenvalue weighted by atomic mass is 9.84. The number of benzene rings is 3. The minimum Gasteiger partial charge on any atom is -0.497 e. The first-order chi connectivity index (χ1) is 23.5. The molecule has 3 aromatic carbocycles. The van der Waals surface area contributed by atoms with E-state index in [0.717, 1.165) is 5.56 Å². The molecule has 1 saturated heterocycles. The molecule has 11 nitrogen and oxygen atoms in total. The van der Waals surface area contributed by atoms with E-state index in [1.165, 1.54) is 26.4 Å². The van der Waals surface area contributed by atoms with Gasteiger partial charge in [-0.3, -0.25) is 4.79 Å². The van der Waals surface area contributed by atoms with Gasteiger partial charge in [0.25, 0.3) is 0 Å². The van der Waals surface area contributed by atoms with Gasteiger partial charge in [-0.15, -0.1) is 0 Å². The molecule has 4 N–H and O–H groups in total. The van der Waals surface area contributed by atoms with Crippen molar-refractivity contribution in [2.24, 2.45) is 0 Å². The van der Waals surface area contributed by atoms with Crippen LogP contribution in [0.2, 0.25) is 0 Å². The van der Waals surface area contributed by atoms with E-state index < -0.39 is 54.6 Å². The highest BCUT2D eigenvalue weighted by molar-refractivity contribution is 5.98. The maximum absolute atomic E-state index is 15.2. The van der Waals surface area contributed by atoms with E-state index in [4.69, 9.17) is 18.9 Å². The quantitative estimate of drug-likeness (QED) is 0.186. The van der Waals surface area contributed by atoms with Crippen LogP contribution in [0.15, 0.2) is 72.8 Å². The number of alkyl halides is 3. The minimum absolute atomic E-state index is 0.102. The predicted molar refractivity (Wildman–Crippen MR) is 171 cm³/mol. The highest BCUT2D eigenvalue weighted by Gasteiger charge is 2.34. The van der Waals surface area contributed by atoms with Gasteiger partial charge in [-0.05, 0) is 48.2 Å². The van der Waals surface area contributed by atoms with Gasteiger partial charge in [0.1, 0.15) is 30.8 Å². The van der Waals surface area contributed by atoms with Crippen molar-refractivity contribution in [3.05, 3.63) is 95.3 Å². The van der Waals surface area contributed by atoms with E-state index in [0.29, 0.717) is 24.3 Å². The smallest absolute Gasteiger partial charge is 0.407 e. The van der Waals surface area contributed by atoms with Crippen LogP contribution in [0.25, 0.3) is 0 Å². The molecule has 1 aliphatic rings. The molecule has 1 aliphatic heterocycles. The maximum atomic E-state index is 15.2. The summed E-state index contributed by atoms with van der Waals surface area (Å²) in [4.78, 5) is 38.1. The molecule has 1 unspecified atom stereocenters. The first-order valence-corrected chi connectivity index (χ1v) is 15.4. The van der Waals surface area contributed by atoms with Crippen LogP contribution in [0, 0.1) is 5.82 Å². The third kappa shape index (κ3) is 11.1. The molecule has 0 bridgehead atoms. The van der Waals surface area contributed by atoms with Crippen molar-refractivity contribution >= 4 is 23.8 Å². The summed E-state index contributed by atoms with van der Waals surface area (Å²) in [6, 6.07) is 18.9. The van der Waals surface area contributed by atoms with Crippen LogP contribution in [-0.2, 0) is 25.4 Å². The van der Waals surface area contributed by atoms with E-state index in [2.05, 4.69) is 16.0 Å². The Labute approximate surface area is 280 Å². The fourth-order valence-electron chi connectivity index (χ4n) is 5.34. The molecule has 1 fully saturated rings. The summed E-state index contributed by atoms with van der Waals surface area (Å²) >= 11 is 0. The SMILES string of the molecule is COC(=O)NC(C(=O)Nc1cccc(F)c1CC[C@@H]1CN[C@H](COC(=O)NCC(F)(F)F)CO1)[C@H](c1ccccc1)c1ccc(OC)cc1. The predicted octanol–water partition coefficient (Wildman–Crippen LogP) is 4.91. The van der Waals surface area contributed by atoms with Crippen molar-refractivity contribution in [3.63, 3.8) is 0 Å². The Balaban J connectivity index is 1.44. The molecular weight excluding hydrogens is 652 g/mol. The van der Waals surface area contributed by atoms with Crippen LogP contribution in [0.5, 0.6) is 5.75 Å². The number of hydrogen-bond donors (Lipinski definition) is 4. The van der Waals surface area contributed by atoms with Gasteiger partial charge in [-0.25, -0.2) is 14.0 Å². The van der Waals surface area contributed by atoms with E-state index in [1.807, 2.05) is 30.3 Å². The number of ether oxygens (including phenoxy) is 4. The summed E-state index contributed by atoms with van der Waals surface area (Å²) in [5.74, 6) is -1.22. The van der Waals surface area contributed by atoms with Gasteiger partial charge in [0.2, 0.25) is 5.91 Å². The number of carbonyl (C=O) groups is 3. The summed E-state index contributed by atoms with van der Waals surface area (Å²) in [6.07, 6.45) is -6.43. The van der Waals surface area contributed by atoms with Crippen molar-refractivity contribution < 1.29 is 50.9 Å². The summed E-state index contributed by atoms with van der Waals surface area (Å²) in [5.41, 5.74) is 1.87. The number of alkyl carbamates (subject to hydrolysis) is 2. The van der Waals surface area contributed by atoms with Crippen molar-refractivity contribution in [2.45, 2.75) is 43.1 Å². The van der Waals surface area contributed by atoms with Gasteiger partial charge in [-0.1, -0.05) is 48.5 Å². The third-order valence-electron chi connectivity index (χ3n) is 7.82. The second-order valence-corrected chi connectivity index (χ2v) is 11.2. The molecule has 264 valence electrons. The lowest BCUT2D eigenvalue weighted by molar-refractivity contribution is -0.124. The van der Waals surface area contributed by atoms with Gasteiger partial charge in [0.15, 0.2) is 0 Å². The number of amides is 3. The Kier molecular flexibility index (Phi) is 13.2. The molecule has 4 atom stereocenters. The Bertz CT molecular complexity index is 1540. The van der Waals surface area contributed by atoms with Gasteiger partial charge >= 0.3 is 18.4 Å². The van der Waals surface area contributed by atoms with Gasteiger partial charge in [0.05, 0.1) is 33.0 Å².